The lowest BCUT2D eigenvalue weighted by Gasteiger charge is -2.58. The third kappa shape index (κ3) is 3.64. The van der Waals surface area contributed by atoms with Gasteiger partial charge in [-0.2, -0.15) is 0 Å². The number of rotatable bonds is 5. The molecule has 4 aliphatic carbocycles. The zero-order valence-electron chi connectivity index (χ0n) is 19.6. The van der Waals surface area contributed by atoms with E-state index in [9.17, 15) is 5.11 Å². The van der Waals surface area contributed by atoms with Gasteiger partial charge in [-0.05, 0) is 96.9 Å². The van der Waals surface area contributed by atoms with Gasteiger partial charge in [0.25, 0.3) is 0 Å². The predicted molar refractivity (Wildman–Crippen MR) is 119 cm³/mol. The molecule has 0 aromatic rings. The van der Waals surface area contributed by atoms with Gasteiger partial charge in [-0.25, -0.2) is 4.39 Å². The van der Waals surface area contributed by atoms with Crippen LogP contribution in [0.3, 0.4) is 0 Å². The summed E-state index contributed by atoms with van der Waals surface area (Å²) in [7, 11) is 0. The van der Waals surface area contributed by atoms with Gasteiger partial charge < -0.3 is 5.11 Å². The molecule has 1 N–H and O–H groups in total. The van der Waals surface area contributed by atoms with Gasteiger partial charge in [0.05, 0.1) is 6.10 Å². The molecule has 0 radical (unpaired) electrons. The van der Waals surface area contributed by atoms with Crippen LogP contribution in [-0.2, 0) is 0 Å². The van der Waals surface area contributed by atoms with Crippen LogP contribution in [0.2, 0.25) is 0 Å². The number of allylic oxidation sites excluding steroid dienone is 1. The van der Waals surface area contributed by atoms with Crippen LogP contribution in [0.4, 0.5) is 4.39 Å². The Balaban J connectivity index is 1.53. The fourth-order valence-electron chi connectivity index (χ4n) is 8.74. The first-order chi connectivity index (χ1) is 13.7. The van der Waals surface area contributed by atoms with Crippen molar-refractivity contribution in [3.63, 3.8) is 0 Å². The lowest BCUT2D eigenvalue weighted by atomic mass is 9.46. The summed E-state index contributed by atoms with van der Waals surface area (Å²) in [5.41, 5.74) is 1.42. The van der Waals surface area contributed by atoms with Crippen LogP contribution in [0.1, 0.15) is 105 Å². The van der Waals surface area contributed by atoms with Crippen molar-refractivity contribution in [3.8, 4) is 0 Å². The monoisotopic (exact) mass is 404 g/mol. The zero-order chi connectivity index (χ0) is 21.0. The van der Waals surface area contributed by atoms with E-state index in [4.69, 9.17) is 0 Å². The van der Waals surface area contributed by atoms with Crippen molar-refractivity contribution in [3.05, 3.63) is 11.4 Å². The molecule has 0 bridgehead atoms. The van der Waals surface area contributed by atoms with Crippen LogP contribution in [0.5, 0.6) is 0 Å². The molecule has 3 fully saturated rings. The molecule has 0 heterocycles. The average molecular weight is 405 g/mol. The van der Waals surface area contributed by atoms with E-state index in [0.29, 0.717) is 36.0 Å². The van der Waals surface area contributed by atoms with Crippen molar-refractivity contribution in [2.75, 3.05) is 0 Å². The molecule has 166 valence electrons. The number of fused-ring (bicyclic) bond motifs is 5. The van der Waals surface area contributed by atoms with Crippen LogP contribution in [0, 0.1) is 46.3 Å². The number of hydrogen-bond acceptors (Lipinski definition) is 1. The number of aliphatic hydroxyl groups excluding tert-OH is 1. The van der Waals surface area contributed by atoms with Gasteiger partial charge in [-0.15, -0.1) is 0 Å². The first kappa shape index (κ1) is 21.8. The Morgan fingerprint density at radius 1 is 0.966 bits per heavy atom. The Kier molecular flexibility index (Phi) is 5.99. The summed E-state index contributed by atoms with van der Waals surface area (Å²) in [5.74, 6) is 4.48. The fraction of sp³-hybridized carbons (Fsp3) is 0.926. The molecule has 4 aliphatic rings. The highest BCUT2D eigenvalue weighted by Crippen LogP contribution is 2.68. The maximum absolute atomic E-state index is 15.4. The molecule has 1 nitrogen and oxygen atoms in total. The third-order valence-electron chi connectivity index (χ3n) is 10.3. The zero-order valence-corrected chi connectivity index (χ0v) is 19.6. The second-order valence-corrected chi connectivity index (χ2v) is 12.3. The van der Waals surface area contributed by atoms with Gasteiger partial charge in [0.1, 0.15) is 5.83 Å². The molecule has 4 rings (SSSR count). The van der Waals surface area contributed by atoms with E-state index in [1.165, 1.54) is 44.9 Å². The molecule has 29 heavy (non-hydrogen) atoms. The minimum absolute atomic E-state index is 0.00846. The van der Waals surface area contributed by atoms with Crippen LogP contribution in [0.15, 0.2) is 11.4 Å². The summed E-state index contributed by atoms with van der Waals surface area (Å²) in [6.45, 7) is 12.1. The van der Waals surface area contributed by atoms with E-state index in [2.05, 4.69) is 34.6 Å². The molecule has 0 unspecified atom stereocenters. The maximum Gasteiger partial charge on any atom is 0.100 e. The van der Waals surface area contributed by atoms with E-state index < -0.39 is 0 Å². The fourth-order valence-corrected chi connectivity index (χ4v) is 8.74. The smallest absolute Gasteiger partial charge is 0.100 e. The normalized spacial score (nSPS) is 45.7. The standard InChI is InChI=1S/C27H45FO/c1-17(2)7-6-8-18(3)21-9-10-22-20-16-25(28)24-15-19(29)11-13-27(24,5)23(20)12-14-26(21,22)4/h17-23,29H,6-16H2,1-5H3/t18-,19+,20+,21-,22+,23+,26-,27-/m1/s1. The van der Waals surface area contributed by atoms with E-state index in [0.717, 1.165) is 36.2 Å². The predicted octanol–water partition coefficient (Wildman–Crippen LogP) is 7.69. The summed E-state index contributed by atoms with van der Waals surface area (Å²) in [4.78, 5) is 0. The van der Waals surface area contributed by atoms with Gasteiger partial charge in [0.2, 0.25) is 0 Å². The van der Waals surface area contributed by atoms with Gasteiger partial charge in [0.15, 0.2) is 0 Å². The Labute approximate surface area is 178 Å². The highest BCUT2D eigenvalue weighted by atomic mass is 19.1. The van der Waals surface area contributed by atoms with E-state index in [1.807, 2.05) is 0 Å². The van der Waals surface area contributed by atoms with Crippen molar-refractivity contribution in [1.82, 2.24) is 0 Å². The lowest BCUT2D eigenvalue weighted by Crippen LogP contribution is -2.51. The molecule has 0 aliphatic heterocycles. The highest BCUT2D eigenvalue weighted by molar-refractivity contribution is 5.28. The summed E-state index contributed by atoms with van der Waals surface area (Å²) >= 11 is 0. The van der Waals surface area contributed by atoms with Gasteiger partial charge in [-0.1, -0.05) is 53.9 Å². The summed E-state index contributed by atoms with van der Waals surface area (Å²) in [6.07, 6.45) is 12.1. The summed E-state index contributed by atoms with van der Waals surface area (Å²) in [6, 6.07) is 0. The van der Waals surface area contributed by atoms with Crippen molar-refractivity contribution in [2.24, 2.45) is 46.3 Å². The first-order valence-corrected chi connectivity index (χ1v) is 12.7. The van der Waals surface area contributed by atoms with E-state index in [1.54, 1.807) is 0 Å². The molecule has 0 spiro atoms. The molecule has 0 amide bonds. The Morgan fingerprint density at radius 2 is 1.72 bits per heavy atom. The molecular formula is C27H45FO. The van der Waals surface area contributed by atoms with Gasteiger partial charge in [0, 0.05) is 6.42 Å². The van der Waals surface area contributed by atoms with Gasteiger partial charge >= 0.3 is 0 Å². The highest BCUT2D eigenvalue weighted by Gasteiger charge is 2.60. The minimum atomic E-state index is -0.322. The SMILES string of the molecule is CC(C)CCC[C@@H](C)[C@H]1CC[C@H]2[C@@H]3CC(F)=C4C[C@@H](O)CC[C@]4(C)[C@H]3CC[C@]12C. The largest absolute Gasteiger partial charge is 0.393 e. The Morgan fingerprint density at radius 3 is 2.45 bits per heavy atom. The quantitative estimate of drug-likeness (QED) is 0.498. The van der Waals surface area contributed by atoms with Crippen molar-refractivity contribution in [1.29, 1.82) is 0 Å². The molecule has 3 saturated carbocycles. The Bertz CT molecular complexity index is 638. The molecule has 0 saturated heterocycles. The first-order valence-electron chi connectivity index (χ1n) is 12.7. The third-order valence-corrected chi connectivity index (χ3v) is 10.3. The van der Waals surface area contributed by atoms with E-state index in [-0.39, 0.29) is 17.3 Å². The number of halogens is 1. The van der Waals surface area contributed by atoms with Crippen LogP contribution >= 0.6 is 0 Å². The minimum Gasteiger partial charge on any atom is -0.393 e. The Hall–Kier alpha value is -0.370. The van der Waals surface area contributed by atoms with Gasteiger partial charge in [-0.3, -0.25) is 0 Å². The molecule has 0 aromatic heterocycles. The second kappa shape index (κ2) is 7.95. The average Bonchev–Trinajstić information content (AvgIpc) is 3.00. The topological polar surface area (TPSA) is 20.2 Å². The summed E-state index contributed by atoms with van der Waals surface area (Å²) in [5, 5.41) is 10.2. The molecule has 0 aromatic carbocycles. The van der Waals surface area contributed by atoms with Crippen molar-refractivity contribution >= 4 is 0 Å². The van der Waals surface area contributed by atoms with Crippen LogP contribution in [-0.4, -0.2) is 11.2 Å². The summed E-state index contributed by atoms with van der Waals surface area (Å²) < 4.78 is 15.4. The molecular weight excluding hydrogens is 359 g/mol. The van der Waals surface area contributed by atoms with Crippen LogP contribution < -0.4 is 0 Å². The maximum atomic E-state index is 15.4. The molecule has 8 atom stereocenters. The van der Waals surface area contributed by atoms with Crippen molar-refractivity contribution < 1.29 is 9.50 Å². The second-order valence-electron chi connectivity index (χ2n) is 12.3. The number of hydrogen-bond donors (Lipinski definition) is 1. The van der Waals surface area contributed by atoms with Crippen molar-refractivity contribution in [2.45, 2.75) is 111 Å². The molecule has 2 heteroatoms. The van der Waals surface area contributed by atoms with E-state index >= 15 is 4.39 Å². The number of aliphatic hydroxyl groups is 1. The van der Waals surface area contributed by atoms with Crippen LogP contribution in [0.25, 0.3) is 0 Å². The lowest BCUT2D eigenvalue weighted by molar-refractivity contribution is -0.0633.